The monoisotopic (exact) mass is 566 g/mol. The molecule has 1 aliphatic heterocycles. The number of nitrogens with one attached hydrogen (secondary N) is 2. The van der Waals surface area contributed by atoms with Gasteiger partial charge < -0.3 is 10.6 Å². The summed E-state index contributed by atoms with van der Waals surface area (Å²) >= 11 is 9.51. The second-order valence-electron chi connectivity index (χ2n) is 7.53. The van der Waals surface area contributed by atoms with Crippen LogP contribution >= 0.6 is 27.5 Å². The van der Waals surface area contributed by atoms with Gasteiger partial charge in [-0.05, 0) is 35.9 Å². The van der Waals surface area contributed by atoms with Crippen molar-refractivity contribution in [2.24, 2.45) is 0 Å². The summed E-state index contributed by atoms with van der Waals surface area (Å²) in [5, 5.41) is 8.50. The minimum atomic E-state index is -4.70. The molecule has 2 N–H and O–H groups in total. The second kappa shape index (κ2) is 8.81. The molecule has 2 unspecified atom stereocenters. The molecule has 3 aromatic rings. The van der Waals surface area contributed by atoms with Gasteiger partial charge in [0, 0.05) is 16.6 Å². The second-order valence-corrected chi connectivity index (χ2v) is 8.82. The van der Waals surface area contributed by atoms with Crippen molar-refractivity contribution in [3.8, 4) is 0 Å². The highest BCUT2D eigenvalue weighted by Gasteiger charge is 2.48. The number of carbonyl (C=O) groups is 1. The minimum absolute atomic E-state index is 0.211. The van der Waals surface area contributed by atoms with E-state index in [2.05, 4.69) is 31.7 Å². The Balaban J connectivity index is 1.67. The van der Waals surface area contributed by atoms with Crippen LogP contribution in [-0.2, 0) is 6.18 Å². The third-order valence-corrected chi connectivity index (χ3v) is 6.12. The minimum Gasteiger partial charge on any atom is -0.362 e. The number of halogens is 8. The highest BCUT2D eigenvalue weighted by Crippen LogP contribution is 2.46. The molecule has 0 saturated carbocycles. The van der Waals surface area contributed by atoms with Gasteiger partial charge in [-0.15, -0.1) is 0 Å². The molecule has 0 radical (unpaired) electrons. The number of hydrogen-bond acceptors (Lipinski definition) is 3. The Morgan fingerprint density at radius 1 is 1.12 bits per heavy atom. The number of amides is 1. The standard InChI is InChI=1S/C21H14BrClF6N4O/c22-12-6-4-10(5-7-12)14-9-15(21(27,28)29)33-18(31-14)16(23)17(32-33)19(34)30-13-3-1-2-11(8-13)20(24,25)26/h1-8,14-15,31H,9H2,(H,30,34). The average Bonchev–Trinajstić information content (AvgIpc) is 3.09. The Morgan fingerprint density at radius 2 is 1.79 bits per heavy atom. The van der Waals surface area contributed by atoms with Gasteiger partial charge in [-0.3, -0.25) is 4.79 Å². The molecule has 34 heavy (non-hydrogen) atoms. The van der Waals surface area contributed by atoms with E-state index in [-0.39, 0.29) is 16.5 Å². The lowest BCUT2D eigenvalue weighted by Crippen LogP contribution is -2.35. The van der Waals surface area contributed by atoms with Crippen molar-refractivity contribution in [1.29, 1.82) is 0 Å². The van der Waals surface area contributed by atoms with Gasteiger partial charge in [-0.25, -0.2) is 4.68 Å². The summed E-state index contributed by atoms with van der Waals surface area (Å²) in [6.45, 7) is 0. The normalized spacial score (nSPS) is 18.2. The molecule has 2 atom stereocenters. The van der Waals surface area contributed by atoms with E-state index in [0.717, 1.165) is 16.6 Å². The predicted molar refractivity (Wildman–Crippen MR) is 117 cm³/mol. The largest absolute Gasteiger partial charge is 0.416 e. The van der Waals surface area contributed by atoms with Gasteiger partial charge >= 0.3 is 12.4 Å². The molecular weight excluding hydrogens is 554 g/mol. The lowest BCUT2D eigenvalue weighted by atomic mass is 9.97. The Morgan fingerprint density at radius 3 is 2.41 bits per heavy atom. The quantitative estimate of drug-likeness (QED) is 0.328. The van der Waals surface area contributed by atoms with Gasteiger partial charge in [0.15, 0.2) is 11.7 Å². The number of benzene rings is 2. The van der Waals surface area contributed by atoms with E-state index in [1.807, 2.05) is 0 Å². The third kappa shape index (κ3) is 4.88. The smallest absolute Gasteiger partial charge is 0.362 e. The summed E-state index contributed by atoms with van der Waals surface area (Å²) < 4.78 is 81.8. The van der Waals surface area contributed by atoms with Crippen LogP contribution in [0.5, 0.6) is 0 Å². The van der Waals surface area contributed by atoms with Crippen LogP contribution in [0.4, 0.5) is 37.8 Å². The zero-order valence-electron chi connectivity index (χ0n) is 16.8. The molecular formula is C21H14BrClF6N4O. The van der Waals surface area contributed by atoms with Crippen molar-refractivity contribution in [2.45, 2.75) is 30.9 Å². The summed E-state index contributed by atoms with van der Waals surface area (Å²) in [6.07, 6.45) is -9.75. The molecule has 2 heterocycles. The van der Waals surface area contributed by atoms with Crippen molar-refractivity contribution in [1.82, 2.24) is 9.78 Å². The molecule has 0 saturated heterocycles. The fourth-order valence-corrected chi connectivity index (χ4v) is 4.14. The topological polar surface area (TPSA) is 59.0 Å². The predicted octanol–water partition coefficient (Wildman–Crippen LogP) is 7.23. The maximum Gasteiger partial charge on any atom is 0.416 e. The molecule has 0 aliphatic carbocycles. The molecule has 5 nitrogen and oxygen atoms in total. The molecule has 0 bridgehead atoms. The first-order chi connectivity index (χ1) is 15.8. The molecule has 180 valence electrons. The van der Waals surface area contributed by atoms with E-state index >= 15 is 0 Å². The third-order valence-electron chi connectivity index (χ3n) is 5.23. The Hall–Kier alpha value is -2.73. The number of anilines is 2. The van der Waals surface area contributed by atoms with E-state index in [0.29, 0.717) is 16.3 Å². The Bertz CT molecular complexity index is 1230. The summed E-state index contributed by atoms with van der Waals surface area (Å²) in [5.74, 6) is -1.26. The summed E-state index contributed by atoms with van der Waals surface area (Å²) in [6, 6.07) is 7.61. The van der Waals surface area contributed by atoms with Gasteiger partial charge in [0.25, 0.3) is 5.91 Å². The van der Waals surface area contributed by atoms with E-state index in [4.69, 9.17) is 11.6 Å². The van der Waals surface area contributed by atoms with E-state index in [1.165, 1.54) is 6.07 Å². The molecule has 1 aliphatic rings. The molecule has 1 aromatic heterocycles. The first kappa shape index (κ1) is 24.4. The Labute approximate surface area is 202 Å². The van der Waals surface area contributed by atoms with Gasteiger partial charge in [-0.2, -0.15) is 31.4 Å². The summed E-state index contributed by atoms with van der Waals surface area (Å²) in [5.41, 5.74) is -1.20. The number of aromatic nitrogens is 2. The summed E-state index contributed by atoms with van der Waals surface area (Å²) in [7, 11) is 0. The van der Waals surface area contributed by atoms with Gasteiger partial charge in [0.1, 0.15) is 10.8 Å². The van der Waals surface area contributed by atoms with Crippen LogP contribution in [0.1, 0.15) is 40.1 Å². The van der Waals surface area contributed by atoms with E-state index in [1.54, 1.807) is 24.3 Å². The Kier molecular flexibility index (Phi) is 6.32. The zero-order valence-corrected chi connectivity index (χ0v) is 19.1. The van der Waals surface area contributed by atoms with Crippen LogP contribution in [0.3, 0.4) is 0 Å². The zero-order chi connectivity index (χ0) is 24.8. The molecule has 2 aromatic carbocycles. The maximum absolute atomic E-state index is 13.9. The maximum atomic E-state index is 13.9. The number of alkyl halides is 6. The van der Waals surface area contributed by atoms with Gasteiger partial charge in [0.2, 0.25) is 0 Å². The fourth-order valence-electron chi connectivity index (χ4n) is 3.61. The molecule has 13 heteroatoms. The van der Waals surface area contributed by atoms with E-state index < -0.39 is 48.0 Å². The van der Waals surface area contributed by atoms with Crippen LogP contribution in [-0.4, -0.2) is 21.9 Å². The molecule has 0 spiro atoms. The SMILES string of the molecule is O=C(Nc1cccc(C(F)(F)F)c1)c1nn2c(c1Cl)NC(c1ccc(Br)cc1)CC2C(F)(F)F. The number of hydrogen-bond donors (Lipinski definition) is 2. The summed E-state index contributed by atoms with van der Waals surface area (Å²) in [4.78, 5) is 12.7. The van der Waals surface area contributed by atoms with Crippen LogP contribution < -0.4 is 10.6 Å². The number of carbonyl (C=O) groups excluding carboxylic acids is 1. The van der Waals surface area contributed by atoms with Crippen LogP contribution in [0, 0.1) is 0 Å². The van der Waals surface area contributed by atoms with Crippen LogP contribution in [0.15, 0.2) is 53.0 Å². The molecule has 0 fully saturated rings. The van der Waals surface area contributed by atoms with Crippen LogP contribution in [0.25, 0.3) is 0 Å². The first-order valence-electron chi connectivity index (χ1n) is 9.70. The number of nitrogens with zero attached hydrogens (tertiary/aromatic N) is 2. The number of fused-ring (bicyclic) bond motifs is 1. The lowest BCUT2D eigenvalue weighted by Gasteiger charge is -2.33. The fraction of sp³-hybridized carbons (Fsp3) is 0.238. The number of rotatable bonds is 3. The highest BCUT2D eigenvalue weighted by molar-refractivity contribution is 9.10. The van der Waals surface area contributed by atoms with Gasteiger partial charge in [0.05, 0.1) is 11.6 Å². The van der Waals surface area contributed by atoms with Crippen molar-refractivity contribution < 1.29 is 31.1 Å². The first-order valence-corrected chi connectivity index (χ1v) is 10.9. The average molecular weight is 568 g/mol. The lowest BCUT2D eigenvalue weighted by molar-refractivity contribution is -0.173. The van der Waals surface area contributed by atoms with Crippen molar-refractivity contribution >= 4 is 44.9 Å². The van der Waals surface area contributed by atoms with Crippen molar-refractivity contribution in [3.05, 3.63) is 74.8 Å². The van der Waals surface area contributed by atoms with Crippen LogP contribution in [0.2, 0.25) is 5.02 Å². The van der Waals surface area contributed by atoms with Gasteiger partial charge in [-0.1, -0.05) is 45.7 Å². The van der Waals surface area contributed by atoms with Crippen molar-refractivity contribution in [2.75, 3.05) is 10.6 Å². The highest BCUT2D eigenvalue weighted by atomic mass is 79.9. The molecule has 1 amide bonds. The molecule has 4 rings (SSSR count). The van der Waals surface area contributed by atoms with E-state index in [9.17, 15) is 31.1 Å². The van der Waals surface area contributed by atoms with Crippen molar-refractivity contribution in [3.63, 3.8) is 0 Å².